The first-order valence-electron chi connectivity index (χ1n) is 8.85. The molecule has 152 valence electrons. The average molecular weight is 417 g/mol. The van der Waals surface area contributed by atoms with Gasteiger partial charge in [-0.3, -0.25) is 0 Å². The van der Waals surface area contributed by atoms with Crippen molar-refractivity contribution >= 4 is 23.6 Å². The molecular weight excluding hydrogens is 396 g/mol. The number of rotatable bonds is 6. The highest BCUT2D eigenvalue weighted by molar-refractivity contribution is 6.30. The fourth-order valence-corrected chi connectivity index (χ4v) is 3.38. The van der Waals surface area contributed by atoms with Gasteiger partial charge in [0.15, 0.2) is 11.5 Å². The largest absolute Gasteiger partial charge is 0.493 e. The van der Waals surface area contributed by atoms with E-state index in [0.717, 1.165) is 5.56 Å². The summed E-state index contributed by atoms with van der Waals surface area (Å²) in [5, 5.41) is 5.96. The zero-order valence-corrected chi connectivity index (χ0v) is 17.0. The van der Waals surface area contributed by atoms with Crippen molar-refractivity contribution < 1.29 is 23.8 Å². The number of amides is 2. The second kappa shape index (κ2) is 8.87. The van der Waals surface area contributed by atoms with Crippen LogP contribution in [-0.4, -0.2) is 26.2 Å². The van der Waals surface area contributed by atoms with Gasteiger partial charge in [0.1, 0.15) is 6.61 Å². The number of urea groups is 1. The van der Waals surface area contributed by atoms with Crippen molar-refractivity contribution in [3.05, 3.63) is 69.9 Å². The summed E-state index contributed by atoms with van der Waals surface area (Å²) in [7, 11) is 2.81. The zero-order chi connectivity index (χ0) is 21.0. The monoisotopic (exact) mass is 416 g/mol. The van der Waals surface area contributed by atoms with Crippen LogP contribution in [0.4, 0.5) is 4.79 Å². The number of nitrogens with one attached hydrogen (secondary N) is 2. The molecule has 1 heterocycles. The first kappa shape index (κ1) is 20.5. The van der Waals surface area contributed by atoms with E-state index in [-0.39, 0.29) is 12.2 Å². The maximum atomic E-state index is 12.4. The van der Waals surface area contributed by atoms with E-state index in [1.165, 1.54) is 14.2 Å². The number of halogens is 1. The van der Waals surface area contributed by atoms with Crippen LogP contribution in [0.25, 0.3) is 0 Å². The summed E-state index contributed by atoms with van der Waals surface area (Å²) in [6.07, 6.45) is 0. The highest BCUT2D eigenvalue weighted by Gasteiger charge is 2.34. The van der Waals surface area contributed by atoms with Gasteiger partial charge in [-0.1, -0.05) is 35.9 Å². The summed E-state index contributed by atoms with van der Waals surface area (Å²) in [5.74, 6) is 0.333. The predicted octanol–water partition coefficient (Wildman–Crippen LogP) is 3.73. The van der Waals surface area contributed by atoms with Crippen molar-refractivity contribution in [3.8, 4) is 11.5 Å². The Kier molecular flexibility index (Phi) is 6.29. The van der Waals surface area contributed by atoms with Crippen molar-refractivity contribution in [2.45, 2.75) is 19.6 Å². The van der Waals surface area contributed by atoms with Crippen LogP contribution in [0.15, 0.2) is 53.7 Å². The minimum Gasteiger partial charge on any atom is -0.493 e. The molecule has 1 unspecified atom stereocenters. The van der Waals surface area contributed by atoms with Crippen LogP contribution in [0.1, 0.15) is 24.1 Å². The van der Waals surface area contributed by atoms with Crippen LogP contribution in [0, 0.1) is 0 Å². The Bertz CT molecular complexity index is 973. The first-order chi connectivity index (χ1) is 13.9. The molecule has 2 aromatic carbocycles. The van der Waals surface area contributed by atoms with Crippen LogP contribution in [0.5, 0.6) is 11.5 Å². The summed E-state index contributed by atoms with van der Waals surface area (Å²) in [4.78, 5) is 24.5. The van der Waals surface area contributed by atoms with Gasteiger partial charge in [0, 0.05) is 16.3 Å². The van der Waals surface area contributed by atoms with Crippen LogP contribution >= 0.6 is 11.6 Å². The Morgan fingerprint density at radius 2 is 1.93 bits per heavy atom. The molecule has 7 nitrogen and oxygen atoms in total. The Balaban J connectivity index is 2.03. The molecule has 0 fully saturated rings. The Hall–Kier alpha value is -3.19. The van der Waals surface area contributed by atoms with Crippen molar-refractivity contribution in [1.82, 2.24) is 10.6 Å². The Labute approximate surface area is 173 Å². The van der Waals surface area contributed by atoms with E-state index in [9.17, 15) is 9.59 Å². The second-order valence-electron chi connectivity index (χ2n) is 6.36. The number of hydrogen-bond acceptors (Lipinski definition) is 5. The number of ether oxygens (including phenoxy) is 3. The first-order valence-corrected chi connectivity index (χ1v) is 9.23. The molecule has 2 N–H and O–H groups in total. The van der Waals surface area contributed by atoms with E-state index in [0.29, 0.717) is 27.8 Å². The SMILES string of the molecule is COC(=O)C1=C(C)NC(=O)NC1c1cccc(OC)c1OCc1cccc(Cl)c1. The molecule has 0 spiro atoms. The molecule has 29 heavy (non-hydrogen) atoms. The summed E-state index contributed by atoms with van der Waals surface area (Å²) in [5.41, 5.74) is 2.13. The van der Waals surface area contributed by atoms with Crippen molar-refractivity contribution in [3.63, 3.8) is 0 Å². The summed E-state index contributed by atoms with van der Waals surface area (Å²) in [6.45, 7) is 1.87. The summed E-state index contributed by atoms with van der Waals surface area (Å²) < 4.78 is 16.4. The third-order valence-corrected chi connectivity index (χ3v) is 4.72. The van der Waals surface area contributed by atoms with E-state index in [1.807, 2.05) is 12.1 Å². The molecule has 8 heteroatoms. The molecule has 2 amide bonds. The van der Waals surface area contributed by atoms with Crippen molar-refractivity contribution in [1.29, 1.82) is 0 Å². The summed E-state index contributed by atoms with van der Waals surface area (Å²) in [6, 6.07) is 11.4. The van der Waals surface area contributed by atoms with Gasteiger partial charge in [-0.15, -0.1) is 0 Å². The fraction of sp³-hybridized carbons (Fsp3) is 0.238. The molecule has 0 aliphatic carbocycles. The maximum absolute atomic E-state index is 12.4. The van der Waals surface area contributed by atoms with Gasteiger partial charge < -0.3 is 24.8 Å². The van der Waals surface area contributed by atoms with E-state index in [1.54, 1.807) is 37.3 Å². The number of benzene rings is 2. The molecule has 0 saturated heterocycles. The highest BCUT2D eigenvalue weighted by atomic mass is 35.5. The van der Waals surface area contributed by atoms with E-state index >= 15 is 0 Å². The van der Waals surface area contributed by atoms with Gasteiger partial charge in [0.25, 0.3) is 0 Å². The van der Waals surface area contributed by atoms with Crippen molar-refractivity contribution in [2.24, 2.45) is 0 Å². The lowest BCUT2D eigenvalue weighted by molar-refractivity contribution is -0.136. The number of esters is 1. The van der Waals surface area contributed by atoms with Gasteiger partial charge in [0.2, 0.25) is 0 Å². The molecule has 0 bridgehead atoms. The molecular formula is C21H21ClN2O5. The highest BCUT2D eigenvalue weighted by Crippen LogP contribution is 2.39. The lowest BCUT2D eigenvalue weighted by Crippen LogP contribution is -2.45. The average Bonchev–Trinajstić information content (AvgIpc) is 2.71. The molecule has 1 atom stereocenters. The smallest absolute Gasteiger partial charge is 0.337 e. The molecule has 1 aliphatic heterocycles. The fourth-order valence-electron chi connectivity index (χ4n) is 3.17. The van der Waals surface area contributed by atoms with E-state index in [4.69, 9.17) is 25.8 Å². The van der Waals surface area contributed by atoms with Gasteiger partial charge in [-0.25, -0.2) is 9.59 Å². The Morgan fingerprint density at radius 1 is 1.17 bits per heavy atom. The van der Waals surface area contributed by atoms with E-state index < -0.39 is 18.0 Å². The van der Waals surface area contributed by atoms with Crippen LogP contribution in [-0.2, 0) is 16.1 Å². The molecule has 2 aromatic rings. The van der Waals surface area contributed by atoms with Gasteiger partial charge >= 0.3 is 12.0 Å². The lowest BCUT2D eigenvalue weighted by atomic mass is 9.94. The standard InChI is InChI=1S/C21H21ClN2O5/c1-12-17(20(25)28-3)18(24-21(26)23-12)15-8-5-9-16(27-2)19(15)29-11-13-6-4-7-14(22)10-13/h4-10,18H,11H2,1-3H3,(H2,23,24,26). The number of methoxy groups -OCH3 is 2. The number of carbonyl (C=O) groups excluding carboxylic acids is 2. The molecule has 0 saturated carbocycles. The van der Waals surface area contributed by atoms with Gasteiger partial charge in [0.05, 0.1) is 25.8 Å². The second-order valence-corrected chi connectivity index (χ2v) is 6.80. The molecule has 3 rings (SSSR count). The minimum atomic E-state index is -0.763. The predicted molar refractivity (Wildman–Crippen MR) is 108 cm³/mol. The van der Waals surface area contributed by atoms with E-state index in [2.05, 4.69) is 10.6 Å². The van der Waals surface area contributed by atoms with Crippen LogP contribution in [0.3, 0.4) is 0 Å². The molecule has 0 aromatic heterocycles. The minimum absolute atomic E-state index is 0.225. The maximum Gasteiger partial charge on any atom is 0.337 e. The summed E-state index contributed by atoms with van der Waals surface area (Å²) >= 11 is 6.05. The third-order valence-electron chi connectivity index (χ3n) is 4.49. The third kappa shape index (κ3) is 4.46. The molecule has 1 aliphatic rings. The van der Waals surface area contributed by atoms with Crippen molar-refractivity contribution in [2.75, 3.05) is 14.2 Å². The number of para-hydroxylation sites is 1. The number of hydrogen-bond donors (Lipinski definition) is 2. The topological polar surface area (TPSA) is 85.9 Å². The number of carbonyl (C=O) groups is 2. The quantitative estimate of drug-likeness (QED) is 0.701. The normalized spacial score (nSPS) is 16.0. The zero-order valence-electron chi connectivity index (χ0n) is 16.2. The Morgan fingerprint density at radius 3 is 2.62 bits per heavy atom. The lowest BCUT2D eigenvalue weighted by Gasteiger charge is -2.29. The van der Waals surface area contributed by atoms with Gasteiger partial charge in [-0.2, -0.15) is 0 Å². The molecule has 0 radical (unpaired) electrons. The van der Waals surface area contributed by atoms with Gasteiger partial charge in [-0.05, 0) is 30.7 Å². The van der Waals surface area contributed by atoms with Crippen LogP contribution in [0.2, 0.25) is 5.02 Å². The number of allylic oxidation sites excluding steroid dienone is 1. The van der Waals surface area contributed by atoms with Crippen LogP contribution < -0.4 is 20.1 Å².